The van der Waals surface area contributed by atoms with Crippen molar-refractivity contribution in [3.05, 3.63) is 84.1 Å². The first-order valence-electron chi connectivity index (χ1n) is 10.4. The summed E-state index contributed by atoms with van der Waals surface area (Å²) >= 11 is 0. The van der Waals surface area contributed by atoms with Gasteiger partial charge in [0.05, 0.1) is 18.4 Å². The monoisotopic (exact) mass is 476 g/mol. The Hall–Kier alpha value is -3.98. The summed E-state index contributed by atoms with van der Waals surface area (Å²) in [6.45, 7) is 0. The molecule has 34 heavy (non-hydrogen) atoms. The molecule has 0 bridgehead atoms. The lowest BCUT2D eigenvalue weighted by atomic mass is 10.0. The molecule has 0 saturated carbocycles. The van der Waals surface area contributed by atoms with Gasteiger partial charge in [0.2, 0.25) is 5.95 Å². The van der Waals surface area contributed by atoms with Crippen LogP contribution in [0.5, 0.6) is 0 Å². The zero-order chi connectivity index (χ0) is 24.3. The second-order valence-electron chi connectivity index (χ2n) is 7.90. The van der Waals surface area contributed by atoms with E-state index in [1.54, 1.807) is 36.5 Å². The predicted molar refractivity (Wildman–Crippen MR) is 134 cm³/mol. The Balaban J connectivity index is 1.59. The van der Waals surface area contributed by atoms with Crippen LogP contribution in [0.4, 0.5) is 23.1 Å². The number of benzene rings is 3. The van der Waals surface area contributed by atoms with Gasteiger partial charge in [-0.15, -0.1) is 0 Å². The average Bonchev–Trinajstić information content (AvgIpc) is 2.81. The second kappa shape index (κ2) is 9.48. The molecule has 0 aliphatic heterocycles. The first-order valence-corrected chi connectivity index (χ1v) is 12.5. The summed E-state index contributed by atoms with van der Waals surface area (Å²) in [6.07, 6.45) is 2.86. The molecule has 0 amide bonds. The summed E-state index contributed by atoms with van der Waals surface area (Å²) < 4.78 is 28.1. The highest BCUT2D eigenvalue weighted by molar-refractivity contribution is 7.89. The van der Waals surface area contributed by atoms with Crippen molar-refractivity contribution in [1.82, 2.24) is 9.97 Å². The molecule has 0 radical (unpaired) electrons. The molecule has 4 aromatic rings. The number of aromatic nitrogens is 2. The number of anilines is 4. The van der Waals surface area contributed by atoms with Crippen LogP contribution in [0.25, 0.3) is 10.8 Å². The minimum atomic E-state index is -3.13. The van der Waals surface area contributed by atoms with Gasteiger partial charge in [0.1, 0.15) is 5.82 Å². The zero-order valence-corrected chi connectivity index (χ0v) is 19.8. The van der Waals surface area contributed by atoms with Crippen LogP contribution in [0.3, 0.4) is 0 Å². The zero-order valence-electron chi connectivity index (χ0n) is 19.0. The number of fused-ring (bicyclic) bond motifs is 1. The molecule has 1 aromatic heterocycles. The average molecular weight is 477 g/mol. The number of rotatable bonds is 7. The number of nitrogens with zero attached hydrogens (tertiary/aromatic N) is 3. The molecule has 4 rings (SSSR count). The summed E-state index contributed by atoms with van der Waals surface area (Å²) in [6, 6.07) is 20.2. The first-order chi connectivity index (χ1) is 16.2. The number of esters is 1. The predicted octanol–water partition coefficient (Wildman–Crippen LogP) is 4.47. The summed E-state index contributed by atoms with van der Waals surface area (Å²) in [4.78, 5) is 22.9. The standard InChI is InChI=1S/C25H24N4O4S/c1-29(20-10-11-21-18(15-20)7-5-9-22(21)24(30)33-2)23-12-13-26-25(28-23)27-19-8-4-6-17(14-19)16-34(3,31)32/h4-15H,16H2,1-3H3,(H,26,27,28). The molecule has 9 heteroatoms. The van der Waals surface area contributed by atoms with E-state index >= 15 is 0 Å². The summed E-state index contributed by atoms with van der Waals surface area (Å²) in [7, 11) is 0.129. The molecule has 0 fully saturated rings. The van der Waals surface area contributed by atoms with Gasteiger partial charge in [-0.25, -0.2) is 18.2 Å². The third-order valence-corrected chi connectivity index (χ3v) is 6.11. The molecule has 0 atom stereocenters. The van der Waals surface area contributed by atoms with E-state index in [4.69, 9.17) is 4.74 Å². The maximum absolute atomic E-state index is 12.1. The molecule has 0 aliphatic carbocycles. The Kier molecular flexibility index (Phi) is 6.47. The molecule has 174 valence electrons. The van der Waals surface area contributed by atoms with Crippen molar-refractivity contribution in [2.75, 3.05) is 30.6 Å². The van der Waals surface area contributed by atoms with E-state index in [2.05, 4.69) is 15.3 Å². The molecule has 8 nitrogen and oxygen atoms in total. The summed E-state index contributed by atoms with van der Waals surface area (Å²) in [5.41, 5.74) is 2.78. The number of hydrogen-bond donors (Lipinski definition) is 1. The molecule has 3 aromatic carbocycles. The summed E-state index contributed by atoms with van der Waals surface area (Å²) in [5, 5.41) is 4.85. The lowest BCUT2D eigenvalue weighted by Crippen LogP contribution is -2.12. The van der Waals surface area contributed by atoms with E-state index < -0.39 is 9.84 Å². The van der Waals surface area contributed by atoms with Crippen LogP contribution < -0.4 is 10.2 Å². The van der Waals surface area contributed by atoms with Crippen LogP contribution in [-0.4, -0.2) is 44.8 Å². The lowest BCUT2D eigenvalue weighted by molar-refractivity contribution is 0.0603. The Morgan fingerprint density at radius 1 is 1.06 bits per heavy atom. The van der Waals surface area contributed by atoms with Gasteiger partial charge < -0.3 is 15.0 Å². The largest absolute Gasteiger partial charge is 0.465 e. The van der Waals surface area contributed by atoms with E-state index in [9.17, 15) is 13.2 Å². The van der Waals surface area contributed by atoms with Gasteiger partial charge in [-0.05, 0) is 52.7 Å². The normalized spacial score (nSPS) is 11.3. The van der Waals surface area contributed by atoms with Gasteiger partial charge in [-0.1, -0.05) is 30.3 Å². The highest BCUT2D eigenvalue weighted by Gasteiger charge is 2.13. The number of carbonyl (C=O) groups excluding carboxylic acids is 1. The van der Waals surface area contributed by atoms with Gasteiger partial charge in [0.15, 0.2) is 9.84 Å². The van der Waals surface area contributed by atoms with Crippen molar-refractivity contribution < 1.29 is 17.9 Å². The Morgan fingerprint density at radius 3 is 2.62 bits per heavy atom. The highest BCUT2D eigenvalue weighted by atomic mass is 32.2. The van der Waals surface area contributed by atoms with E-state index in [0.717, 1.165) is 16.5 Å². The minimum absolute atomic E-state index is 0.0359. The molecule has 0 saturated heterocycles. The minimum Gasteiger partial charge on any atom is -0.465 e. The van der Waals surface area contributed by atoms with Crippen molar-refractivity contribution in [3.63, 3.8) is 0 Å². The van der Waals surface area contributed by atoms with Gasteiger partial charge in [-0.3, -0.25) is 0 Å². The number of nitrogens with one attached hydrogen (secondary N) is 1. The first kappa shape index (κ1) is 23.2. The van der Waals surface area contributed by atoms with E-state index in [1.807, 2.05) is 48.3 Å². The molecule has 0 spiro atoms. The molecule has 1 heterocycles. The fourth-order valence-electron chi connectivity index (χ4n) is 3.67. The maximum Gasteiger partial charge on any atom is 0.338 e. The Labute approximate surface area is 198 Å². The fraction of sp³-hybridized carbons (Fsp3) is 0.160. The van der Waals surface area contributed by atoms with Gasteiger partial charge in [0, 0.05) is 30.9 Å². The number of sulfone groups is 1. The van der Waals surface area contributed by atoms with Crippen LogP contribution in [0.2, 0.25) is 0 Å². The summed E-state index contributed by atoms with van der Waals surface area (Å²) in [5.74, 6) is 0.632. The van der Waals surface area contributed by atoms with Crippen molar-refractivity contribution in [2.45, 2.75) is 5.75 Å². The molecule has 1 N–H and O–H groups in total. The number of methoxy groups -OCH3 is 1. The number of ether oxygens (including phenoxy) is 1. The van der Waals surface area contributed by atoms with E-state index in [1.165, 1.54) is 13.4 Å². The topological polar surface area (TPSA) is 101 Å². The fourth-order valence-corrected chi connectivity index (χ4v) is 4.45. The number of hydrogen-bond acceptors (Lipinski definition) is 8. The molecule has 0 aliphatic rings. The maximum atomic E-state index is 12.1. The van der Waals surface area contributed by atoms with Crippen LogP contribution in [0, 0.1) is 0 Å². The Bertz CT molecular complexity index is 1470. The van der Waals surface area contributed by atoms with E-state index in [0.29, 0.717) is 28.6 Å². The van der Waals surface area contributed by atoms with Crippen molar-refractivity contribution in [1.29, 1.82) is 0 Å². The molecule has 0 unspecified atom stereocenters. The van der Waals surface area contributed by atoms with Gasteiger partial charge in [0.25, 0.3) is 0 Å². The number of carbonyl (C=O) groups is 1. The van der Waals surface area contributed by atoms with Crippen LogP contribution in [0.1, 0.15) is 15.9 Å². The lowest BCUT2D eigenvalue weighted by Gasteiger charge is -2.20. The molecular weight excluding hydrogens is 452 g/mol. The van der Waals surface area contributed by atoms with Crippen molar-refractivity contribution >= 4 is 49.7 Å². The van der Waals surface area contributed by atoms with Gasteiger partial charge >= 0.3 is 5.97 Å². The highest BCUT2D eigenvalue weighted by Crippen LogP contribution is 2.28. The second-order valence-corrected chi connectivity index (χ2v) is 10.0. The van der Waals surface area contributed by atoms with E-state index in [-0.39, 0.29) is 11.7 Å². The SMILES string of the molecule is COC(=O)c1cccc2cc(N(C)c3ccnc(Nc4cccc(CS(C)(=O)=O)c4)n3)ccc12. The third-order valence-electron chi connectivity index (χ3n) is 5.25. The quantitative estimate of drug-likeness (QED) is 0.390. The Morgan fingerprint density at radius 2 is 1.85 bits per heavy atom. The van der Waals surface area contributed by atoms with Crippen LogP contribution >= 0.6 is 0 Å². The van der Waals surface area contributed by atoms with Crippen LogP contribution in [0.15, 0.2) is 72.9 Å². The smallest absolute Gasteiger partial charge is 0.338 e. The van der Waals surface area contributed by atoms with Crippen LogP contribution in [-0.2, 0) is 20.3 Å². The van der Waals surface area contributed by atoms with Gasteiger partial charge in [-0.2, -0.15) is 4.98 Å². The molecular formula is C25H24N4O4S. The third kappa shape index (κ3) is 5.32. The van der Waals surface area contributed by atoms with Crippen molar-refractivity contribution in [2.24, 2.45) is 0 Å². The van der Waals surface area contributed by atoms with Crippen molar-refractivity contribution in [3.8, 4) is 0 Å².